The van der Waals surface area contributed by atoms with Gasteiger partial charge in [0.05, 0.1) is 5.56 Å². The van der Waals surface area contributed by atoms with Gasteiger partial charge in [-0.25, -0.2) is 4.79 Å². The molecule has 0 unspecified atom stereocenters. The number of piperidine rings is 1. The second-order valence-corrected chi connectivity index (χ2v) is 9.19. The summed E-state index contributed by atoms with van der Waals surface area (Å²) < 4.78 is 5.46. The monoisotopic (exact) mass is 426 g/mol. The van der Waals surface area contributed by atoms with Gasteiger partial charge < -0.3 is 14.5 Å². The predicted octanol–water partition coefficient (Wildman–Crippen LogP) is 5.28. The van der Waals surface area contributed by atoms with Gasteiger partial charge in [-0.3, -0.25) is 4.79 Å². The number of hydrogen-bond donors (Lipinski definition) is 0. The molecule has 0 aliphatic carbocycles. The highest BCUT2D eigenvalue weighted by molar-refractivity contribution is 7.10. The van der Waals surface area contributed by atoms with Crippen LogP contribution >= 0.6 is 11.3 Å². The maximum Gasteiger partial charge on any atom is 0.410 e. The van der Waals surface area contributed by atoms with Crippen molar-refractivity contribution in [1.82, 2.24) is 9.80 Å². The summed E-state index contributed by atoms with van der Waals surface area (Å²) in [6.45, 7) is 3.48. The minimum absolute atomic E-state index is 0.182. The van der Waals surface area contributed by atoms with E-state index in [2.05, 4.69) is 6.07 Å². The Labute approximate surface area is 182 Å². The van der Waals surface area contributed by atoms with Crippen LogP contribution in [0.3, 0.4) is 0 Å². The molecule has 4 rings (SSSR count). The van der Waals surface area contributed by atoms with Crippen LogP contribution in [0.25, 0.3) is 0 Å². The van der Waals surface area contributed by atoms with E-state index < -0.39 is 0 Å². The third kappa shape index (κ3) is 5.22. The molecule has 0 saturated carbocycles. The van der Waals surface area contributed by atoms with Crippen molar-refractivity contribution in [3.05, 3.63) is 57.8 Å². The minimum Gasteiger partial charge on any atom is -0.445 e. The fourth-order valence-electron chi connectivity index (χ4n) is 4.29. The van der Waals surface area contributed by atoms with Gasteiger partial charge in [-0.05, 0) is 43.2 Å². The first-order valence-electron chi connectivity index (χ1n) is 11.0. The molecule has 0 N–H and O–H groups in total. The number of amides is 2. The lowest BCUT2D eigenvalue weighted by Gasteiger charge is -2.30. The van der Waals surface area contributed by atoms with Crippen LogP contribution in [0.1, 0.15) is 65.2 Å². The molecule has 2 aliphatic rings. The van der Waals surface area contributed by atoms with Crippen molar-refractivity contribution in [2.75, 3.05) is 26.2 Å². The van der Waals surface area contributed by atoms with Crippen LogP contribution in [0.4, 0.5) is 4.79 Å². The van der Waals surface area contributed by atoms with E-state index in [9.17, 15) is 9.59 Å². The summed E-state index contributed by atoms with van der Waals surface area (Å²) in [4.78, 5) is 30.3. The fourth-order valence-corrected chi connectivity index (χ4v) is 5.35. The first-order chi connectivity index (χ1) is 14.7. The number of likely N-dealkylation sites (tertiary alicyclic amines) is 2. The Balaban J connectivity index is 1.27. The number of thiophene rings is 1. The Morgan fingerprint density at radius 3 is 2.33 bits per heavy atom. The maximum atomic E-state index is 12.8. The number of carbonyl (C=O) groups is 2. The highest BCUT2D eigenvalue weighted by Crippen LogP contribution is 2.33. The number of benzene rings is 1. The summed E-state index contributed by atoms with van der Waals surface area (Å²) in [7, 11) is 0. The van der Waals surface area contributed by atoms with Gasteiger partial charge in [0.15, 0.2) is 0 Å². The molecule has 30 heavy (non-hydrogen) atoms. The molecule has 2 fully saturated rings. The molecule has 3 heterocycles. The molecular formula is C24H30N2O3S. The summed E-state index contributed by atoms with van der Waals surface area (Å²) in [5.74, 6) is 0.597. The van der Waals surface area contributed by atoms with E-state index >= 15 is 0 Å². The molecule has 1 aromatic carbocycles. The lowest BCUT2D eigenvalue weighted by atomic mass is 9.95. The topological polar surface area (TPSA) is 49.9 Å². The number of hydrogen-bond acceptors (Lipinski definition) is 4. The van der Waals surface area contributed by atoms with E-state index in [1.54, 1.807) is 16.2 Å². The summed E-state index contributed by atoms with van der Waals surface area (Å²) in [5.41, 5.74) is 1.84. The van der Waals surface area contributed by atoms with E-state index in [4.69, 9.17) is 4.74 Å². The molecule has 160 valence electrons. The molecule has 2 aromatic rings. The molecule has 2 amide bonds. The van der Waals surface area contributed by atoms with E-state index in [0.29, 0.717) is 25.6 Å². The molecular weight excluding hydrogens is 396 g/mol. The summed E-state index contributed by atoms with van der Waals surface area (Å²) >= 11 is 1.69. The average molecular weight is 427 g/mol. The Morgan fingerprint density at radius 2 is 1.63 bits per heavy atom. The SMILES string of the molecule is O=C(OCc1ccccc1)N1CCC(c2cc(C(=O)N3CCCCCC3)cs2)CC1. The largest absolute Gasteiger partial charge is 0.445 e. The van der Waals surface area contributed by atoms with Gasteiger partial charge in [0, 0.05) is 36.4 Å². The van der Waals surface area contributed by atoms with Crippen LogP contribution in [0.5, 0.6) is 0 Å². The molecule has 6 heteroatoms. The highest BCUT2D eigenvalue weighted by atomic mass is 32.1. The van der Waals surface area contributed by atoms with Gasteiger partial charge in [0.2, 0.25) is 0 Å². The molecule has 2 aliphatic heterocycles. The van der Waals surface area contributed by atoms with E-state index in [0.717, 1.165) is 49.9 Å². The van der Waals surface area contributed by atoms with Gasteiger partial charge in [-0.2, -0.15) is 0 Å². The molecule has 5 nitrogen and oxygen atoms in total. The first-order valence-corrected chi connectivity index (χ1v) is 11.9. The molecule has 0 bridgehead atoms. The standard InChI is InChI=1S/C24H30N2O3S/c27-23(25-12-6-1-2-7-13-25)21-16-22(30-18-21)20-10-14-26(15-11-20)24(28)29-17-19-8-4-3-5-9-19/h3-5,8-9,16,18,20H,1-2,6-7,10-15,17H2. The van der Waals surface area contributed by atoms with E-state index in [1.165, 1.54) is 17.7 Å². The van der Waals surface area contributed by atoms with Crippen molar-refractivity contribution in [3.8, 4) is 0 Å². The van der Waals surface area contributed by atoms with Crippen LogP contribution in [-0.4, -0.2) is 48.0 Å². The second kappa shape index (κ2) is 10.1. The molecule has 1 aromatic heterocycles. The predicted molar refractivity (Wildman–Crippen MR) is 119 cm³/mol. The quantitative estimate of drug-likeness (QED) is 0.668. The van der Waals surface area contributed by atoms with Gasteiger partial charge in [-0.1, -0.05) is 43.2 Å². The molecule has 0 atom stereocenters. The van der Waals surface area contributed by atoms with Gasteiger partial charge >= 0.3 is 6.09 Å². The number of carbonyl (C=O) groups excluding carboxylic acids is 2. The number of ether oxygens (including phenoxy) is 1. The number of nitrogens with zero attached hydrogens (tertiary/aromatic N) is 2. The lowest BCUT2D eigenvalue weighted by Crippen LogP contribution is -2.38. The zero-order valence-corrected chi connectivity index (χ0v) is 18.2. The smallest absolute Gasteiger partial charge is 0.410 e. The van der Waals surface area contributed by atoms with Crippen LogP contribution in [-0.2, 0) is 11.3 Å². The summed E-state index contributed by atoms with van der Waals surface area (Å²) in [5, 5.41) is 2.02. The maximum absolute atomic E-state index is 12.8. The van der Waals surface area contributed by atoms with Crippen LogP contribution in [0.2, 0.25) is 0 Å². The van der Waals surface area contributed by atoms with Gasteiger partial charge in [-0.15, -0.1) is 11.3 Å². The van der Waals surface area contributed by atoms with Crippen molar-refractivity contribution in [2.45, 2.75) is 51.0 Å². The Hall–Kier alpha value is -2.34. The van der Waals surface area contributed by atoms with Crippen molar-refractivity contribution in [1.29, 1.82) is 0 Å². The number of rotatable bonds is 4. The Bertz CT molecular complexity index is 835. The van der Waals surface area contributed by atoms with Crippen molar-refractivity contribution < 1.29 is 14.3 Å². The zero-order chi connectivity index (χ0) is 20.8. The van der Waals surface area contributed by atoms with Gasteiger partial charge in [0.25, 0.3) is 5.91 Å². The van der Waals surface area contributed by atoms with Crippen LogP contribution < -0.4 is 0 Å². The summed E-state index contributed by atoms with van der Waals surface area (Å²) in [6.07, 6.45) is 6.27. The van der Waals surface area contributed by atoms with Crippen molar-refractivity contribution in [3.63, 3.8) is 0 Å². The van der Waals surface area contributed by atoms with Crippen molar-refractivity contribution >= 4 is 23.3 Å². The van der Waals surface area contributed by atoms with E-state index in [-0.39, 0.29) is 12.0 Å². The highest BCUT2D eigenvalue weighted by Gasteiger charge is 2.27. The van der Waals surface area contributed by atoms with Crippen LogP contribution in [0.15, 0.2) is 41.8 Å². The normalized spacial score (nSPS) is 18.1. The first kappa shape index (κ1) is 20.9. The summed E-state index contributed by atoms with van der Waals surface area (Å²) in [6, 6.07) is 11.9. The molecule has 2 saturated heterocycles. The Morgan fingerprint density at radius 1 is 0.933 bits per heavy atom. The Kier molecular flexibility index (Phi) is 7.05. The van der Waals surface area contributed by atoms with E-state index in [1.807, 2.05) is 40.6 Å². The van der Waals surface area contributed by atoms with Crippen LogP contribution in [0, 0.1) is 0 Å². The zero-order valence-electron chi connectivity index (χ0n) is 17.4. The van der Waals surface area contributed by atoms with Gasteiger partial charge in [0.1, 0.15) is 6.61 Å². The second-order valence-electron chi connectivity index (χ2n) is 8.25. The van der Waals surface area contributed by atoms with Crippen molar-refractivity contribution in [2.24, 2.45) is 0 Å². The molecule has 0 radical (unpaired) electrons. The fraction of sp³-hybridized carbons (Fsp3) is 0.500. The molecule has 0 spiro atoms. The third-order valence-electron chi connectivity index (χ3n) is 6.12. The minimum atomic E-state index is -0.236. The lowest BCUT2D eigenvalue weighted by molar-refractivity contribution is 0.0762. The average Bonchev–Trinajstić information content (AvgIpc) is 3.13. The third-order valence-corrected chi connectivity index (χ3v) is 7.22.